The first-order chi connectivity index (χ1) is 7.99. The summed E-state index contributed by atoms with van der Waals surface area (Å²) in [7, 11) is 0. The first-order valence-electron chi connectivity index (χ1n) is 5.17. The second kappa shape index (κ2) is 4.30. The van der Waals surface area contributed by atoms with Gasteiger partial charge >= 0.3 is 11.6 Å². The maximum absolute atomic E-state index is 11.7. The first kappa shape index (κ1) is 11.8. The number of rotatable bonds is 2. The molecule has 2 N–H and O–H groups in total. The third kappa shape index (κ3) is 2.22. The normalized spacial score (nSPS) is 11.1. The molecular formula is C12H12ClNO3. The molecule has 0 amide bonds. The topological polar surface area (TPSA) is 65.5 Å². The van der Waals surface area contributed by atoms with E-state index >= 15 is 0 Å². The largest absolute Gasteiger partial charge is 0.461 e. The number of hydrogen-bond donors (Lipinski definition) is 1. The SMILES string of the molecule is CC(C)Oc1oc(=O)c2cc(N)ccc2c1Cl. The fraction of sp³-hybridized carbons (Fsp3) is 0.250. The van der Waals surface area contributed by atoms with E-state index in [4.69, 9.17) is 26.5 Å². The van der Waals surface area contributed by atoms with Crippen molar-refractivity contribution >= 4 is 28.1 Å². The van der Waals surface area contributed by atoms with Crippen LogP contribution in [0, 0.1) is 0 Å². The van der Waals surface area contributed by atoms with Gasteiger partial charge in [0, 0.05) is 11.1 Å². The Bertz CT molecular complexity index is 619. The second-order valence-corrected chi connectivity index (χ2v) is 4.34. The van der Waals surface area contributed by atoms with E-state index in [1.54, 1.807) is 12.1 Å². The van der Waals surface area contributed by atoms with Crippen LogP contribution >= 0.6 is 11.6 Å². The molecule has 0 radical (unpaired) electrons. The van der Waals surface area contributed by atoms with Gasteiger partial charge in [-0.3, -0.25) is 0 Å². The lowest BCUT2D eigenvalue weighted by atomic mass is 10.1. The zero-order valence-electron chi connectivity index (χ0n) is 9.49. The lowest BCUT2D eigenvalue weighted by molar-refractivity contribution is 0.179. The Morgan fingerprint density at radius 2 is 2.06 bits per heavy atom. The molecule has 0 saturated carbocycles. The highest BCUT2D eigenvalue weighted by molar-refractivity contribution is 6.36. The molecule has 2 rings (SSSR count). The van der Waals surface area contributed by atoms with Crippen molar-refractivity contribution in [2.75, 3.05) is 5.73 Å². The highest BCUT2D eigenvalue weighted by Gasteiger charge is 2.14. The van der Waals surface area contributed by atoms with E-state index in [2.05, 4.69) is 0 Å². The number of benzene rings is 1. The van der Waals surface area contributed by atoms with Crippen LogP contribution in [-0.4, -0.2) is 6.10 Å². The Hall–Kier alpha value is -1.68. The molecule has 2 aromatic rings. The third-order valence-corrected chi connectivity index (χ3v) is 2.57. The molecule has 17 heavy (non-hydrogen) atoms. The average Bonchev–Trinajstić information content (AvgIpc) is 2.25. The monoisotopic (exact) mass is 253 g/mol. The van der Waals surface area contributed by atoms with E-state index in [-0.39, 0.29) is 17.1 Å². The number of ether oxygens (including phenoxy) is 1. The molecule has 0 atom stereocenters. The standard InChI is InChI=1S/C12H12ClNO3/c1-6(2)16-12-10(13)8-4-3-7(14)5-9(8)11(15)17-12/h3-6H,14H2,1-2H3. The van der Waals surface area contributed by atoms with Crippen molar-refractivity contribution in [3.8, 4) is 5.95 Å². The van der Waals surface area contributed by atoms with Crippen LogP contribution < -0.4 is 16.1 Å². The predicted molar refractivity (Wildman–Crippen MR) is 67.7 cm³/mol. The van der Waals surface area contributed by atoms with Crippen LogP contribution in [0.1, 0.15) is 13.8 Å². The smallest absolute Gasteiger partial charge is 0.346 e. The fourth-order valence-electron chi connectivity index (χ4n) is 1.51. The van der Waals surface area contributed by atoms with Crippen molar-refractivity contribution in [2.45, 2.75) is 20.0 Å². The predicted octanol–water partition coefficient (Wildman–Crippen LogP) is 2.82. The van der Waals surface area contributed by atoms with E-state index in [0.29, 0.717) is 16.5 Å². The minimum absolute atomic E-state index is 0.0453. The molecule has 90 valence electrons. The Morgan fingerprint density at radius 3 is 2.71 bits per heavy atom. The van der Waals surface area contributed by atoms with Gasteiger partial charge in [0.2, 0.25) is 0 Å². The Labute approximate surface area is 103 Å². The Kier molecular flexibility index (Phi) is 2.98. The highest BCUT2D eigenvalue weighted by atomic mass is 35.5. The number of hydrogen-bond acceptors (Lipinski definition) is 4. The van der Waals surface area contributed by atoms with Crippen LogP contribution in [0.2, 0.25) is 5.02 Å². The number of nitrogens with two attached hydrogens (primary N) is 1. The van der Waals surface area contributed by atoms with E-state index in [1.807, 2.05) is 13.8 Å². The molecule has 0 fully saturated rings. The molecule has 0 aliphatic rings. The third-order valence-electron chi connectivity index (χ3n) is 2.21. The van der Waals surface area contributed by atoms with Crippen molar-refractivity contribution in [2.24, 2.45) is 0 Å². The molecule has 1 heterocycles. The summed E-state index contributed by atoms with van der Waals surface area (Å²) in [5.74, 6) is 0.0453. The summed E-state index contributed by atoms with van der Waals surface area (Å²) in [5, 5.41) is 1.21. The van der Waals surface area contributed by atoms with Gasteiger partial charge in [-0.25, -0.2) is 4.79 Å². The summed E-state index contributed by atoms with van der Waals surface area (Å²) in [6.07, 6.45) is -0.123. The molecule has 0 saturated heterocycles. The van der Waals surface area contributed by atoms with Gasteiger partial charge in [-0.2, -0.15) is 0 Å². The van der Waals surface area contributed by atoms with Crippen molar-refractivity contribution < 1.29 is 9.15 Å². The van der Waals surface area contributed by atoms with Crippen molar-refractivity contribution in [1.82, 2.24) is 0 Å². The van der Waals surface area contributed by atoms with E-state index < -0.39 is 5.63 Å². The molecule has 5 heteroatoms. The molecule has 0 aliphatic carbocycles. The van der Waals surface area contributed by atoms with Gasteiger partial charge in [-0.1, -0.05) is 17.7 Å². The van der Waals surface area contributed by atoms with Gasteiger partial charge in [0.05, 0.1) is 11.5 Å². The first-order valence-corrected chi connectivity index (χ1v) is 5.55. The van der Waals surface area contributed by atoms with Gasteiger partial charge in [0.25, 0.3) is 0 Å². The van der Waals surface area contributed by atoms with Gasteiger partial charge in [0.1, 0.15) is 5.02 Å². The molecule has 0 aliphatic heterocycles. The Morgan fingerprint density at radius 1 is 1.35 bits per heavy atom. The summed E-state index contributed by atoms with van der Waals surface area (Å²) in [6, 6.07) is 4.89. The van der Waals surface area contributed by atoms with Crippen LogP contribution in [0.4, 0.5) is 5.69 Å². The summed E-state index contributed by atoms with van der Waals surface area (Å²) >= 11 is 6.11. The van der Waals surface area contributed by atoms with E-state index in [0.717, 1.165) is 0 Å². The molecule has 0 bridgehead atoms. The van der Waals surface area contributed by atoms with Crippen LogP contribution in [0.5, 0.6) is 5.95 Å². The maximum Gasteiger partial charge on any atom is 0.346 e. The van der Waals surface area contributed by atoms with Crippen LogP contribution in [0.25, 0.3) is 10.8 Å². The van der Waals surface area contributed by atoms with E-state index in [1.165, 1.54) is 6.07 Å². The van der Waals surface area contributed by atoms with Gasteiger partial charge < -0.3 is 14.9 Å². The van der Waals surface area contributed by atoms with Crippen LogP contribution in [0.15, 0.2) is 27.4 Å². The minimum atomic E-state index is -0.507. The lowest BCUT2D eigenvalue weighted by Crippen LogP contribution is -2.09. The molecule has 4 nitrogen and oxygen atoms in total. The number of nitrogen functional groups attached to an aromatic ring is 1. The summed E-state index contributed by atoms with van der Waals surface area (Å²) in [5.41, 5.74) is 5.58. The highest BCUT2D eigenvalue weighted by Crippen LogP contribution is 2.31. The van der Waals surface area contributed by atoms with Crippen LogP contribution in [0.3, 0.4) is 0 Å². The van der Waals surface area contributed by atoms with Gasteiger partial charge in [-0.05, 0) is 26.0 Å². The molecule has 0 unspecified atom stereocenters. The van der Waals surface area contributed by atoms with Crippen molar-refractivity contribution in [1.29, 1.82) is 0 Å². The Balaban J connectivity index is 2.72. The van der Waals surface area contributed by atoms with Crippen molar-refractivity contribution in [3.63, 3.8) is 0 Å². The number of halogens is 1. The second-order valence-electron chi connectivity index (χ2n) is 3.96. The fourth-order valence-corrected chi connectivity index (χ4v) is 1.75. The molecule has 1 aromatic carbocycles. The zero-order valence-corrected chi connectivity index (χ0v) is 10.2. The quantitative estimate of drug-likeness (QED) is 0.836. The number of anilines is 1. The molecular weight excluding hydrogens is 242 g/mol. The van der Waals surface area contributed by atoms with Crippen LogP contribution in [-0.2, 0) is 0 Å². The van der Waals surface area contributed by atoms with Crippen molar-refractivity contribution in [3.05, 3.63) is 33.6 Å². The average molecular weight is 254 g/mol. The van der Waals surface area contributed by atoms with E-state index in [9.17, 15) is 4.79 Å². The minimum Gasteiger partial charge on any atom is -0.461 e. The molecule has 0 spiro atoms. The van der Waals surface area contributed by atoms with Gasteiger partial charge in [-0.15, -0.1) is 0 Å². The maximum atomic E-state index is 11.7. The number of fused-ring (bicyclic) bond motifs is 1. The molecule has 1 aromatic heterocycles. The summed E-state index contributed by atoms with van der Waals surface area (Å²) in [6.45, 7) is 3.65. The van der Waals surface area contributed by atoms with Gasteiger partial charge in [0.15, 0.2) is 0 Å². The summed E-state index contributed by atoms with van der Waals surface area (Å²) in [4.78, 5) is 11.7. The lowest BCUT2D eigenvalue weighted by Gasteiger charge is -2.10. The zero-order chi connectivity index (χ0) is 12.6. The summed E-state index contributed by atoms with van der Waals surface area (Å²) < 4.78 is 10.4.